The number of nitrogens with one attached hydrogen (secondary N) is 2. The average Bonchev–Trinajstić information content (AvgIpc) is 3.43. The Bertz CT molecular complexity index is 1200. The molecule has 0 saturated carbocycles. The third-order valence-electron chi connectivity index (χ3n) is 5.04. The lowest BCUT2D eigenvalue weighted by atomic mass is 9.97. The number of rotatable bonds is 9. The summed E-state index contributed by atoms with van der Waals surface area (Å²) >= 11 is 1.71. The molecule has 3 nitrogen and oxygen atoms in total. The molecular weight excluding hydrogens is 388 g/mol. The number of aromatic amines is 1. The van der Waals surface area contributed by atoms with Gasteiger partial charge in [0.25, 0.3) is 0 Å². The zero-order chi connectivity index (χ0) is 20.9. The number of para-hydroxylation sites is 1. The Labute approximate surface area is 180 Å². The molecule has 30 heavy (non-hydrogen) atoms. The fourth-order valence-electron chi connectivity index (χ4n) is 3.57. The Balaban J connectivity index is 1.49. The maximum absolute atomic E-state index is 8.38. The van der Waals surface area contributed by atoms with Crippen molar-refractivity contribution in [3.8, 4) is 16.2 Å². The van der Waals surface area contributed by atoms with E-state index >= 15 is 0 Å². The molecule has 4 rings (SSSR count). The monoisotopic (exact) mass is 412 g/mol. The summed E-state index contributed by atoms with van der Waals surface area (Å²) in [5.74, 6) is 0.749. The molecule has 0 aliphatic carbocycles. The van der Waals surface area contributed by atoms with E-state index in [2.05, 4.69) is 47.8 Å². The second kappa shape index (κ2) is 8.97. The molecule has 0 bridgehead atoms. The van der Waals surface area contributed by atoms with Gasteiger partial charge in [0, 0.05) is 28.4 Å². The number of benzene rings is 2. The number of hydrogen-bond acceptors (Lipinski definition) is 3. The van der Waals surface area contributed by atoms with E-state index in [9.17, 15) is 0 Å². The molecule has 0 spiro atoms. The molecule has 0 amide bonds. The molecule has 0 atom stereocenters. The van der Waals surface area contributed by atoms with E-state index in [4.69, 9.17) is 10.1 Å². The quantitative estimate of drug-likeness (QED) is 0.223. The van der Waals surface area contributed by atoms with Gasteiger partial charge in [-0.2, -0.15) is 0 Å². The lowest BCUT2D eigenvalue weighted by Gasteiger charge is -2.14. The van der Waals surface area contributed by atoms with Gasteiger partial charge in [-0.25, -0.2) is 0 Å². The minimum absolute atomic E-state index is 0.255. The summed E-state index contributed by atoms with van der Waals surface area (Å²) in [7, 11) is 0. The normalized spacial score (nSPS) is 10.8. The number of ether oxygens (including phenoxy) is 1. The van der Waals surface area contributed by atoms with Crippen LogP contribution in [0.3, 0.4) is 0 Å². The van der Waals surface area contributed by atoms with Crippen LogP contribution in [-0.4, -0.2) is 17.3 Å². The Hall–Kier alpha value is -3.37. The predicted octanol–water partition coefficient (Wildman–Crippen LogP) is 7.13. The number of thiophene rings is 1. The minimum atomic E-state index is 0.255. The first-order valence-corrected chi connectivity index (χ1v) is 10.7. The van der Waals surface area contributed by atoms with Gasteiger partial charge in [0.1, 0.15) is 12.4 Å². The Morgan fingerprint density at radius 2 is 2.00 bits per heavy atom. The van der Waals surface area contributed by atoms with Crippen LogP contribution in [0.25, 0.3) is 26.9 Å². The zero-order valence-corrected chi connectivity index (χ0v) is 17.6. The molecule has 0 unspecified atom stereocenters. The van der Waals surface area contributed by atoms with Crippen molar-refractivity contribution in [2.45, 2.75) is 12.8 Å². The van der Waals surface area contributed by atoms with Gasteiger partial charge in [-0.1, -0.05) is 36.9 Å². The highest BCUT2D eigenvalue weighted by Gasteiger charge is 2.12. The van der Waals surface area contributed by atoms with Crippen LogP contribution in [0.2, 0.25) is 0 Å². The van der Waals surface area contributed by atoms with Crippen LogP contribution in [0.1, 0.15) is 17.5 Å². The molecule has 2 heterocycles. The van der Waals surface area contributed by atoms with Crippen molar-refractivity contribution in [1.29, 1.82) is 5.41 Å². The summed E-state index contributed by atoms with van der Waals surface area (Å²) in [5, 5.41) is 11.6. The summed E-state index contributed by atoms with van der Waals surface area (Å²) < 4.78 is 5.97. The lowest BCUT2D eigenvalue weighted by Crippen LogP contribution is -2.13. The van der Waals surface area contributed by atoms with E-state index in [0.717, 1.165) is 45.3 Å². The molecule has 0 aliphatic rings. The van der Waals surface area contributed by atoms with Crippen LogP contribution >= 0.6 is 11.3 Å². The van der Waals surface area contributed by atoms with E-state index in [1.54, 1.807) is 11.3 Å². The molecule has 4 aromatic rings. The molecule has 0 saturated heterocycles. The Morgan fingerprint density at radius 3 is 2.80 bits per heavy atom. The number of allylic oxidation sites excluding steroid dienone is 2. The van der Waals surface area contributed by atoms with E-state index in [1.807, 2.05) is 42.6 Å². The lowest BCUT2D eigenvalue weighted by molar-refractivity contribution is 0.374. The molecular formula is C26H24N2OS. The predicted molar refractivity (Wildman–Crippen MR) is 129 cm³/mol. The van der Waals surface area contributed by atoms with Gasteiger partial charge < -0.3 is 15.1 Å². The molecule has 2 aromatic heterocycles. The van der Waals surface area contributed by atoms with Crippen molar-refractivity contribution in [1.82, 2.24) is 4.98 Å². The minimum Gasteiger partial charge on any atom is -0.488 e. The van der Waals surface area contributed by atoms with Gasteiger partial charge in [-0.3, -0.25) is 0 Å². The van der Waals surface area contributed by atoms with Gasteiger partial charge in [0.15, 0.2) is 0 Å². The summed E-state index contributed by atoms with van der Waals surface area (Å²) in [5.41, 5.74) is 5.97. The van der Waals surface area contributed by atoms with Crippen LogP contribution in [0.5, 0.6) is 5.75 Å². The number of fused-ring (bicyclic) bond motifs is 1. The van der Waals surface area contributed by atoms with E-state index < -0.39 is 0 Å². The van der Waals surface area contributed by atoms with Gasteiger partial charge in [0.05, 0.1) is 5.71 Å². The third kappa shape index (κ3) is 4.29. The smallest absolute Gasteiger partial charge is 0.126 e. The Morgan fingerprint density at radius 1 is 1.13 bits per heavy atom. The van der Waals surface area contributed by atoms with Crippen LogP contribution in [0.15, 0.2) is 85.4 Å². The van der Waals surface area contributed by atoms with Crippen LogP contribution in [0, 0.1) is 5.41 Å². The summed E-state index contributed by atoms with van der Waals surface area (Å²) in [6.45, 7) is 8.33. The largest absolute Gasteiger partial charge is 0.488 e. The number of aromatic nitrogens is 1. The van der Waals surface area contributed by atoms with Crippen molar-refractivity contribution < 1.29 is 4.74 Å². The highest BCUT2D eigenvalue weighted by Crippen LogP contribution is 2.35. The molecule has 2 aromatic carbocycles. The van der Waals surface area contributed by atoms with E-state index in [-0.39, 0.29) is 6.61 Å². The van der Waals surface area contributed by atoms with Crippen molar-refractivity contribution in [3.63, 3.8) is 0 Å². The molecule has 150 valence electrons. The molecule has 0 fully saturated rings. The SMILES string of the molecule is C=CCC(=C)c1cc(OCC(=N)Cc2c[nH]c3ccccc23)ccc1-c1cccs1. The molecule has 0 radical (unpaired) electrons. The van der Waals surface area contributed by atoms with Crippen molar-refractivity contribution in [2.24, 2.45) is 0 Å². The fourth-order valence-corrected chi connectivity index (χ4v) is 4.33. The summed E-state index contributed by atoms with van der Waals surface area (Å²) in [4.78, 5) is 4.47. The van der Waals surface area contributed by atoms with E-state index in [0.29, 0.717) is 12.1 Å². The second-order valence-corrected chi connectivity index (χ2v) is 8.16. The van der Waals surface area contributed by atoms with Crippen molar-refractivity contribution in [3.05, 3.63) is 96.5 Å². The number of H-pyrrole nitrogens is 1. The second-order valence-electron chi connectivity index (χ2n) is 7.21. The maximum atomic E-state index is 8.38. The first-order valence-electron chi connectivity index (χ1n) is 9.86. The van der Waals surface area contributed by atoms with Crippen LogP contribution < -0.4 is 4.74 Å². The highest BCUT2D eigenvalue weighted by molar-refractivity contribution is 7.13. The highest BCUT2D eigenvalue weighted by atomic mass is 32.1. The van der Waals surface area contributed by atoms with E-state index in [1.165, 1.54) is 4.88 Å². The topological polar surface area (TPSA) is 48.9 Å². The van der Waals surface area contributed by atoms with Crippen LogP contribution in [-0.2, 0) is 6.42 Å². The van der Waals surface area contributed by atoms with Gasteiger partial charge in [-0.05, 0) is 64.4 Å². The van der Waals surface area contributed by atoms with Gasteiger partial charge in [0.2, 0.25) is 0 Å². The maximum Gasteiger partial charge on any atom is 0.126 e. The zero-order valence-electron chi connectivity index (χ0n) is 16.8. The average molecular weight is 413 g/mol. The van der Waals surface area contributed by atoms with Crippen molar-refractivity contribution in [2.75, 3.05) is 6.61 Å². The van der Waals surface area contributed by atoms with Gasteiger partial charge in [-0.15, -0.1) is 17.9 Å². The molecule has 4 heteroatoms. The first kappa shape index (κ1) is 19.9. The standard InChI is InChI=1S/C26H24N2OS/c1-3-7-18(2)24-15-21(11-12-23(24)26-10-6-13-30-26)29-17-20(27)14-19-16-28-25-9-5-4-8-22(19)25/h3-6,8-13,15-16,27-28H,1-2,7,14,17H2. The summed E-state index contributed by atoms with van der Waals surface area (Å²) in [6.07, 6.45) is 5.13. The van der Waals surface area contributed by atoms with Crippen LogP contribution in [0.4, 0.5) is 0 Å². The first-order chi connectivity index (χ1) is 14.7. The fraction of sp³-hybridized carbons (Fsp3) is 0.115. The van der Waals surface area contributed by atoms with Crippen molar-refractivity contribution >= 4 is 33.5 Å². The molecule has 0 aliphatic heterocycles. The molecule has 2 N–H and O–H groups in total. The number of hydrogen-bond donors (Lipinski definition) is 2. The third-order valence-corrected chi connectivity index (χ3v) is 5.94. The Kier molecular flexibility index (Phi) is 5.96. The van der Waals surface area contributed by atoms with Gasteiger partial charge >= 0.3 is 0 Å². The summed E-state index contributed by atoms with van der Waals surface area (Å²) in [6, 6.07) is 18.4.